The van der Waals surface area contributed by atoms with Gasteiger partial charge in [0.25, 0.3) is 0 Å². The molecule has 0 bridgehead atoms. The van der Waals surface area contributed by atoms with Gasteiger partial charge in [0, 0.05) is 35.5 Å². The molecule has 0 atom stereocenters. The Kier molecular flexibility index (Phi) is 8.59. The molecule has 1 aliphatic heterocycles. The summed E-state index contributed by atoms with van der Waals surface area (Å²) in [6.45, 7) is 12.8. The van der Waals surface area contributed by atoms with Crippen molar-refractivity contribution in [3.63, 3.8) is 0 Å². The number of fused-ring (bicyclic) bond motifs is 1. The van der Waals surface area contributed by atoms with Crippen molar-refractivity contribution in [1.82, 2.24) is 9.97 Å². The molecule has 5 heteroatoms. The van der Waals surface area contributed by atoms with Gasteiger partial charge in [-0.1, -0.05) is 61.4 Å². The fourth-order valence-electron chi connectivity index (χ4n) is 5.24. The van der Waals surface area contributed by atoms with E-state index in [1.165, 1.54) is 51.9 Å². The van der Waals surface area contributed by atoms with Crippen LogP contribution >= 0.6 is 0 Å². The lowest BCUT2D eigenvalue weighted by atomic mass is 9.99. The Morgan fingerprint density at radius 1 is 0.950 bits per heavy atom. The number of aromatic nitrogens is 2. The summed E-state index contributed by atoms with van der Waals surface area (Å²) in [6, 6.07) is 21.9. The first-order valence-electron chi connectivity index (χ1n) is 14.4. The molecular formula is C35H40N4O. The van der Waals surface area contributed by atoms with Crippen LogP contribution in [0.3, 0.4) is 0 Å². The van der Waals surface area contributed by atoms with Crippen molar-refractivity contribution in [1.29, 1.82) is 0 Å². The minimum atomic E-state index is 0.611. The lowest BCUT2D eigenvalue weighted by molar-refractivity contribution is 0.331. The first-order valence-corrected chi connectivity index (χ1v) is 14.4. The summed E-state index contributed by atoms with van der Waals surface area (Å²) >= 11 is 0. The largest absolute Gasteiger partial charge is 0.491 e. The van der Waals surface area contributed by atoms with Gasteiger partial charge >= 0.3 is 0 Å². The lowest BCUT2D eigenvalue weighted by Crippen LogP contribution is -2.28. The predicted octanol–water partition coefficient (Wildman–Crippen LogP) is 8.34. The van der Waals surface area contributed by atoms with Crippen LogP contribution in [0.4, 0.5) is 11.5 Å². The molecule has 2 heterocycles. The number of benzene rings is 3. The van der Waals surface area contributed by atoms with E-state index < -0.39 is 0 Å². The topological polar surface area (TPSA) is 50.6 Å². The second-order valence-corrected chi connectivity index (χ2v) is 11.0. The summed E-state index contributed by atoms with van der Waals surface area (Å²) in [5.74, 6) is 1.93. The highest BCUT2D eigenvalue weighted by atomic mass is 16.5. The molecule has 0 radical (unpaired) electrons. The number of hydrogen-bond acceptors (Lipinski definition) is 5. The highest BCUT2D eigenvalue weighted by Crippen LogP contribution is 2.34. The highest BCUT2D eigenvalue weighted by Gasteiger charge is 2.21. The maximum Gasteiger partial charge on any atom is 0.136 e. The third kappa shape index (κ3) is 6.41. The standard InChI is InChI=1S/C35H40N4O/c1-6-7-8-26(4)38-33-21-30(14-11-25(33)3)29-15-16-34-31(20-29)22-39(17-18-40-34)35-32(27(5)36-23-37-35)19-28-12-9-24(2)10-13-28/h9-16,20-21,23H,6-8,17-19,22H2,1-5H3. The highest BCUT2D eigenvalue weighted by molar-refractivity contribution is 5.85. The molecule has 3 aromatic carbocycles. The van der Waals surface area contributed by atoms with Crippen LogP contribution in [0.25, 0.3) is 11.1 Å². The Balaban J connectivity index is 1.45. The number of anilines is 1. The molecule has 4 aromatic rings. The number of aryl methyl sites for hydroxylation is 3. The lowest BCUT2D eigenvalue weighted by Gasteiger charge is -2.24. The number of ether oxygens (including phenoxy) is 1. The molecule has 0 unspecified atom stereocenters. The van der Waals surface area contributed by atoms with Gasteiger partial charge in [0.1, 0.15) is 24.5 Å². The zero-order chi connectivity index (χ0) is 28.1. The Hall–Kier alpha value is -3.99. The zero-order valence-corrected chi connectivity index (χ0v) is 24.5. The van der Waals surface area contributed by atoms with E-state index in [1.54, 1.807) is 6.33 Å². The normalized spacial score (nSPS) is 13.5. The van der Waals surface area contributed by atoms with Gasteiger partial charge in [-0.3, -0.25) is 4.99 Å². The van der Waals surface area contributed by atoms with Crippen LogP contribution in [0.2, 0.25) is 0 Å². The third-order valence-corrected chi connectivity index (χ3v) is 7.73. The molecule has 206 valence electrons. The number of unbranched alkanes of at least 4 members (excludes halogenated alkanes) is 1. The molecular weight excluding hydrogens is 492 g/mol. The van der Waals surface area contributed by atoms with Crippen LogP contribution < -0.4 is 9.64 Å². The van der Waals surface area contributed by atoms with E-state index in [-0.39, 0.29) is 0 Å². The van der Waals surface area contributed by atoms with E-state index in [4.69, 9.17) is 14.7 Å². The van der Waals surface area contributed by atoms with Crippen LogP contribution in [0, 0.1) is 20.8 Å². The van der Waals surface area contributed by atoms with Crippen molar-refractivity contribution < 1.29 is 4.74 Å². The van der Waals surface area contributed by atoms with Gasteiger partial charge in [0.15, 0.2) is 0 Å². The minimum absolute atomic E-state index is 0.611. The molecule has 0 fully saturated rings. The minimum Gasteiger partial charge on any atom is -0.491 e. The van der Waals surface area contributed by atoms with Crippen LogP contribution in [0.5, 0.6) is 5.75 Å². The van der Waals surface area contributed by atoms with Gasteiger partial charge in [-0.05, 0) is 81.0 Å². The zero-order valence-electron chi connectivity index (χ0n) is 24.5. The summed E-state index contributed by atoms with van der Waals surface area (Å²) in [7, 11) is 0. The van der Waals surface area contributed by atoms with Crippen molar-refractivity contribution in [2.45, 2.75) is 66.8 Å². The summed E-state index contributed by atoms with van der Waals surface area (Å²) in [6.07, 6.45) is 5.89. The average molecular weight is 533 g/mol. The van der Waals surface area contributed by atoms with E-state index >= 15 is 0 Å². The molecule has 1 aromatic heterocycles. The van der Waals surface area contributed by atoms with Crippen molar-refractivity contribution in [3.8, 4) is 16.9 Å². The Morgan fingerprint density at radius 2 is 1.73 bits per heavy atom. The van der Waals surface area contributed by atoms with E-state index in [1.807, 2.05) is 0 Å². The van der Waals surface area contributed by atoms with Crippen LogP contribution in [-0.4, -0.2) is 28.8 Å². The summed E-state index contributed by atoms with van der Waals surface area (Å²) in [4.78, 5) is 16.6. The van der Waals surface area contributed by atoms with Gasteiger partial charge in [-0.25, -0.2) is 9.97 Å². The monoisotopic (exact) mass is 532 g/mol. The maximum absolute atomic E-state index is 6.22. The number of hydrogen-bond donors (Lipinski definition) is 0. The molecule has 0 amide bonds. The van der Waals surface area contributed by atoms with E-state index in [0.717, 1.165) is 54.4 Å². The fourth-order valence-corrected chi connectivity index (χ4v) is 5.24. The second-order valence-electron chi connectivity index (χ2n) is 11.0. The number of nitrogens with zero attached hydrogens (tertiary/aromatic N) is 4. The molecule has 0 aliphatic carbocycles. The summed E-state index contributed by atoms with van der Waals surface area (Å²) < 4.78 is 6.22. The first kappa shape index (κ1) is 27.6. The summed E-state index contributed by atoms with van der Waals surface area (Å²) in [5, 5.41) is 0. The molecule has 5 nitrogen and oxygen atoms in total. The van der Waals surface area contributed by atoms with Crippen LogP contribution in [0.15, 0.2) is 72.0 Å². The van der Waals surface area contributed by atoms with E-state index in [9.17, 15) is 0 Å². The second kappa shape index (κ2) is 12.5. The van der Waals surface area contributed by atoms with Gasteiger partial charge in [0.2, 0.25) is 0 Å². The quantitative estimate of drug-likeness (QED) is 0.214. The van der Waals surface area contributed by atoms with Crippen molar-refractivity contribution in [3.05, 3.63) is 101 Å². The van der Waals surface area contributed by atoms with Crippen LogP contribution in [0.1, 0.15) is 66.6 Å². The molecule has 5 rings (SSSR count). The third-order valence-electron chi connectivity index (χ3n) is 7.73. The fraction of sp³-hybridized carbons (Fsp3) is 0.343. The number of rotatable bonds is 8. The first-order chi connectivity index (χ1) is 19.4. The predicted molar refractivity (Wildman–Crippen MR) is 166 cm³/mol. The maximum atomic E-state index is 6.22. The Morgan fingerprint density at radius 3 is 2.52 bits per heavy atom. The van der Waals surface area contributed by atoms with Crippen molar-refractivity contribution in [2.75, 3.05) is 18.1 Å². The number of aliphatic imine (C=N–C) groups is 1. The Bertz CT molecular complexity index is 1510. The van der Waals surface area contributed by atoms with E-state index in [2.05, 4.69) is 105 Å². The van der Waals surface area contributed by atoms with Gasteiger partial charge in [-0.15, -0.1) is 0 Å². The Labute approximate surface area is 239 Å². The van der Waals surface area contributed by atoms with Crippen molar-refractivity contribution in [2.24, 2.45) is 4.99 Å². The van der Waals surface area contributed by atoms with Crippen molar-refractivity contribution >= 4 is 17.2 Å². The molecule has 0 N–H and O–H groups in total. The van der Waals surface area contributed by atoms with Gasteiger partial charge in [0.05, 0.1) is 12.2 Å². The molecule has 0 saturated carbocycles. The molecule has 1 aliphatic rings. The smallest absolute Gasteiger partial charge is 0.136 e. The van der Waals surface area contributed by atoms with E-state index in [0.29, 0.717) is 6.61 Å². The van der Waals surface area contributed by atoms with Gasteiger partial charge in [-0.2, -0.15) is 0 Å². The molecule has 0 saturated heterocycles. The van der Waals surface area contributed by atoms with Gasteiger partial charge < -0.3 is 9.64 Å². The average Bonchev–Trinajstić information content (AvgIpc) is 3.17. The van der Waals surface area contributed by atoms with Crippen LogP contribution in [-0.2, 0) is 13.0 Å². The molecule has 40 heavy (non-hydrogen) atoms. The summed E-state index contributed by atoms with van der Waals surface area (Å²) in [5.41, 5.74) is 11.7. The SMILES string of the molecule is CCCCC(C)=Nc1cc(-c2ccc3c(c2)CN(c2ncnc(C)c2Cc2ccc(C)cc2)CCO3)ccc1C. The molecule has 0 spiro atoms.